The molecule has 0 atom stereocenters. The first-order chi connectivity index (χ1) is 5.45. The lowest BCUT2D eigenvalue weighted by Crippen LogP contribution is -2.40. The van der Waals surface area contributed by atoms with E-state index in [1.165, 1.54) is 0 Å². The highest BCUT2D eigenvalue weighted by atomic mass is 32.2. The molecule has 1 amide bonds. The molecule has 0 unspecified atom stereocenters. The number of hydrogen-bond acceptors (Lipinski definition) is 3. The minimum Gasteiger partial charge on any atom is -0.355 e. The first kappa shape index (κ1) is 11.3. The molecule has 4 N–H and O–H groups in total. The first-order valence-corrected chi connectivity index (χ1v) is 5.04. The van der Waals surface area contributed by atoms with E-state index in [9.17, 15) is 13.2 Å². The molecule has 0 heterocycles. The van der Waals surface area contributed by atoms with Crippen molar-refractivity contribution in [1.29, 1.82) is 0 Å². The zero-order chi connectivity index (χ0) is 9.61. The van der Waals surface area contributed by atoms with Crippen molar-refractivity contribution in [2.24, 2.45) is 5.14 Å². The van der Waals surface area contributed by atoms with Crippen LogP contribution < -0.4 is 15.2 Å². The molecule has 0 fully saturated rings. The second-order valence-electron chi connectivity index (χ2n) is 2.22. The van der Waals surface area contributed by atoms with E-state index in [0.717, 1.165) is 6.42 Å². The second kappa shape index (κ2) is 5.07. The largest absolute Gasteiger partial charge is 0.355 e. The Morgan fingerprint density at radius 1 is 1.50 bits per heavy atom. The fraction of sp³-hybridized carbons (Fsp3) is 0.800. The van der Waals surface area contributed by atoms with E-state index in [0.29, 0.717) is 6.54 Å². The van der Waals surface area contributed by atoms with Crippen LogP contribution in [0.3, 0.4) is 0 Å². The summed E-state index contributed by atoms with van der Waals surface area (Å²) in [5, 5.41) is 7.08. The zero-order valence-electron chi connectivity index (χ0n) is 6.83. The lowest BCUT2D eigenvalue weighted by atomic mass is 10.5. The van der Waals surface area contributed by atoms with Crippen LogP contribution in [0.25, 0.3) is 0 Å². The van der Waals surface area contributed by atoms with Crippen molar-refractivity contribution >= 4 is 16.1 Å². The van der Waals surface area contributed by atoms with Crippen LogP contribution in [0.15, 0.2) is 0 Å². The van der Waals surface area contributed by atoms with Gasteiger partial charge in [-0.25, -0.2) is 5.14 Å². The summed E-state index contributed by atoms with van der Waals surface area (Å²) < 4.78 is 22.5. The number of nitrogens with one attached hydrogen (secondary N) is 2. The fourth-order valence-corrected chi connectivity index (χ4v) is 0.825. The van der Waals surface area contributed by atoms with E-state index in [1.807, 2.05) is 11.6 Å². The summed E-state index contributed by atoms with van der Waals surface area (Å²) in [6.07, 6.45) is 0.807. The van der Waals surface area contributed by atoms with Gasteiger partial charge in [0.15, 0.2) is 0 Å². The molecule has 72 valence electrons. The number of carbonyl (C=O) groups excluding carboxylic acids is 1. The van der Waals surface area contributed by atoms with Gasteiger partial charge in [-0.15, -0.1) is 0 Å². The molecule has 0 rings (SSSR count). The van der Waals surface area contributed by atoms with Crippen LogP contribution in [-0.4, -0.2) is 27.4 Å². The zero-order valence-corrected chi connectivity index (χ0v) is 7.65. The molecule has 0 aromatic carbocycles. The maximum atomic E-state index is 10.8. The molecule has 0 aliphatic carbocycles. The van der Waals surface area contributed by atoms with Gasteiger partial charge in [0.2, 0.25) is 5.91 Å². The topological polar surface area (TPSA) is 101 Å². The number of carbonyl (C=O) groups is 1. The summed E-state index contributed by atoms with van der Waals surface area (Å²) in [7, 11) is -3.76. The van der Waals surface area contributed by atoms with E-state index in [-0.39, 0.29) is 12.5 Å². The van der Waals surface area contributed by atoms with Crippen molar-refractivity contribution < 1.29 is 13.2 Å². The lowest BCUT2D eigenvalue weighted by molar-refractivity contribution is -0.119. The molecule has 12 heavy (non-hydrogen) atoms. The standard InChI is InChI=1S/C5H13N3O3S/c1-2-3-7-5(9)4-8-12(6,10)11/h8H,2-4H2,1H3,(H,7,9)(H2,6,10,11). The van der Waals surface area contributed by atoms with Gasteiger partial charge >= 0.3 is 0 Å². The minimum absolute atomic E-state index is 0.307. The van der Waals surface area contributed by atoms with Crippen LogP contribution >= 0.6 is 0 Å². The molecule has 0 spiro atoms. The SMILES string of the molecule is CCCNC(=O)CNS(N)(=O)=O. The van der Waals surface area contributed by atoms with Crippen molar-refractivity contribution in [2.45, 2.75) is 13.3 Å². The Morgan fingerprint density at radius 3 is 2.50 bits per heavy atom. The van der Waals surface area contributed by atoms with Gasteiger partial charge in [0.05, 0.1) is 6.54 Å². The van der Waals surface area contributed by atoms with Gasteiger partial charge < -0.3 is 5.32 Å². The summed E-state index contributed by atoms with van der Waals surface area (Å²) in [6, 6.07) is 0. The Hall–Kier alpha value is -0.660. The quantitative estimate of drug-likeness (QED) is 0.487. The summed E-state index contributed by atoms with van der Waals surface area (Å²) in [4.78, 5) is 10.8. The molecule has 0 saturated heterocycles. The molecule has 0 aromatic heterocycles. The van der Waals surface area contributed by atoms with Crippen molar-refractivity contribution in [3.05, 3.63) is 0 Å². The fourth-order valence-electron chi connectivity index (χ4n) is 0.493. The van der Waals surface area contributed by atoms with Crippen molar-refractivity contribution in [2.75, 3.05) is 13.1 Å². The smallest absolute Gasteiger partial charge is 0.274 e. The second-order valence-corrected chi connectivity index (χ2v) is 3.59. The van der Waals surface area contributed by atoms with Crippen LogP contribution in [0.2, 0.25) is 0 Å². The molecule has 6 nitrogen and oxygen atoms in total. The predicted octanol–water partition coefficient (Wildman–Crippen LogP) is -1.69. The minimum atomic E-state index is -3.76. The normalized spacial score (nSPS) is 11.2. The molecule has 7 heteroatoms. The number of nitrogens with two attached hydrogens (primary N) is 1. The monoisotopic (exact) mass is 195 g/mol. The van der Waals surface area contributed by atoms with Gasteiger partial charge in [-0.1, -0.05) is 6.92 Å². The van der Waals surface area contributed by atoms with Crippen molar-refractivity contribution in [3.63, 3.8) is 0 Å². The molecule has 0 radical (unpaired) electrons. The third-order valence-electron chi connectivity index (χ3n) is 1.01. The third-order valence-corrected chi connectivity index (χ3v) is 1.55. The summed E-state index contributed by atoms with van der Waals surface area (Å²) >= 11 is 0. The van der Waals surface area contributed by atoms with Crippen LogP contribution in [0.4, 0.5) is 0 Å². The van der Waals surface area contributed by atoms with Crippen LogP contribution in [0, 0.1) is 0 Å². The Morgan fingerprint density at radius 2 is 2.08 bits per heavy atom. The van der Waals surface area contributed by atoms with E-state index in [2.05, 4.69) is 10.5 Å². The summed E-state index contributed by atoms with van der Waals surface area (Å²) in [6.45, 7) is 2.12. The molecule has 0 aliphatic rings. The Kier molecular flexibility index (Phi) is 4.79. The Bertz CT molecular complexity index is 236. The molecule has 0 bridgehead atoms. The Labute approximate surface area is 71.7 Å². The summed E-state index contributed by atoms with van der Waals surface area (Å²) in [5.74, 6) is -0.383. The highest BCUT2D eigenvalue weighted by Crippen LogP contribution is 1.72. The predicted molar refractivity (Wildman–Crippen MR) is 44.4 cm³/mol. The molecule has 0 aliphatic heterocycles. The van der Waals surface area contributed by atoms with Gasteiger partial charge in [0.1, 0.15) is 0 Å². The third kappa shape index (κ3) is 7.45. The van der Waals surface area contributed by atoms with E-state index >= 15 is 0 Å². The molecule has 0 saturated carbocycles. The maximum Gasteiger partial charge on any atom is 0.274 e. The maximum absolute atomic E-state index is 10.8. The first-order valence-electron chi connectivity index (χ1n) is 3.50. The van der Waals surface area contributed by atoms with Crippen LogP contribution in [0.5, 0.6) is 0 Å². The van der Waals surface area contributed by atoms with Crippen molar-refractivity contribution in [3.8, 4) is 0 Å². The Balaban J connectivity index is 3.58. The average molecular weight is 195 g/mol. The summed E-state index contributed by atoms with van der Waals surface area (Å²) in [5.41, 5.74) is 0. The van der Waals surface area contributed by atoms with Gasteiger partial charge in [-0.2, -0.15) is 13.1 Å². The van der Waals surface area contributed by atoms with Gasteiger partial charge in [0.25, 0.3) is 10.2 Å². The van der Waals surface area contributed by atoms with Crippen molar-refractivity contribution in [1.82, 2.24) is 10.0 Å². The highest BCUT2D eigenvalue weighted by molar-refractivity contribution is 7.87. The molecular weight excluding hydrogens is 182 g/mol. The number of rotatable bonds is 5. The van der Waals surface area contributed by atoms with Crippen LogP contribution in [-0.2, 0) is 15.0 Å². The lowest BCUT2D eigenvalue weighted by Gasteiger charge is -2.02. The highest BCUT2D eigenvalue weighted by Gasteiger charge is 2.04. The molecular formula is C5H13N3O3S. The molecule has 0 aromatic rings. The van der Waals surface area contributed by atoms with Gasteiger partial charge in [0, 0.05) is 6.54 Å². The van der Waals surface area contributed by atoms with E-state index < -0.39 is 10.2 Å². The van der Waals surface area contributed by atoms with Gasteiger partial charge in [-0.05, 0) is 6.42 Å². The number of amides is 1. The van der Waals surface area contributed by atoms with E-state index in [1.54, 1.807) is 0 Å². The van der Waals surface area contributed by atoms with Gasteiger partial charge in [-0.3, -0.25) is 4.79 Å². The van der Waals surface area contributed by atoms with E-state index in [4.69, 9.17) is 0 Å². The number of hydrogen-bond donors (Lipinski definition) is 3. The van der Waals surface area contributed by atoms with Crippen LogP contribution in [0.1, 0.15) is 13.3 Å². The average Bonchev–Trinajstić information content (AvgIpc) is 1.95.